The quantitative estimate of drug-likeness (QED) is 0.826. The second-order valence-corrected chi connectivity index (χ2v) is 4.64. The molecule has 1 aromatic heterocycles. The van der Waals surface area contributed by atoms with Crippen molar-refractivity contribution < 1.29 is 4.74 Å². The van der Waals surface area contributed by atoms with Crippen molar-refractivity contribution in [1.29, 1.82) is 0 Å². The summed E-state index contributed by atoms with van der Waals surface area (Å²) in [6.07, 6.45) is 3.20. The van der Waals surface area contributed by atoms with Crippen LogP contribution < -0.4 is 5.32 Å². The molecule has 0 spiro atoms. The lowest BCUT2D eigenvalue weighted by atomic mass is 10.2. The largest absolute Gasteiger partial charge is 0.383 e. The molecule has 1 aromatic carbocycles. The fourth-order valence-electron chi connectivity index (χ4n) is 1.56. The highest BCUT2D eigenvalue weighted by molar-refractivity contribution is 9.10. The van der Waals surface area contributed by atoms with Gasteiger partial charge in [-0.25, -0.2) is 9.67 Å². The normalized spacial score (nSPS) is 10.8. The van der Waals surface area contributed by atoms with Crippen molar-refractivity contribution in [3.05, 3.63) is 40.9 Å². The van der Waals surface area contributed by atoms with Gasteiger partial charge in [-0.15, -0.1) is 0 Å². The molecule has 2 aromatic rings. The molecule has 18 heavy (non-hydrogen) atoms. The number of hydrogen-bond acceptors (Lipinski definition) is 4. The Hall–Kier alpha value is -1.24. The molecule has 96 valence electrons. The highest BCUT2D eigenvalue weighted by atomic mass is 79.9. The van der Waals surface area contributed by atoms with E-state index in [9.17, 15) is 0 Å². The van der Waals surface area contributed by atoms with Gasteiger partial charge in [-0.05, 0) is 17.7 Å². The monoisotopic (exact) mass is 310 g/mol. The van der Waals surface area contributed by atoms with Crippen LogP contribution in [0.4, 0.5) is 0 Å². The second-order valence-electron chi connectivity index (χ2n) is 3.79. The molecule has 0 radical (unpaired) electrons. The smallest absolute Gasteiger partial charge is 0.138 e. The number of hydrogen-bond donors (Lipinski definition) is 1. The van der Waals surface area contributed by atoms with Crippen LogP contribution in [0.15, 0.2) is 35.3 Å². The summed E-state index contributed by atoms with van der Waals surface area (Å²) in [5.41, 5.74) is 2.19. The summed E-state index contributed by atoms with van der Waals surface area (Å²) in [6.45, 7) is 2.37. The van der Waals surface area contributed by atoms with E-state index < -0.39 is 0 Å². The van der Waals surface area contributed by atoms with Crippen LogP contribution in [0.25, 0.3) is 5.69 Å². The third-order valence-corrected chi connectivity index (χ3v) is 3.26. The average Bonchev–Trinajstić information content (AvgIpc) is 2.90. The Morgan fingerprint density at radius 3 is 3.00 bits per heavy atom. The van der Waals surface area contributed by atoms with E-state index in [4.69, 9.17) is 4.74 Å². The van der Waals surface area contributed by atoms with Crippen LogP contribution in [0.1, 0.15) is 5.56 Å². The highest BCUT2D eigenvalue weighted by Gasteiger charge is 2.03. The molecule has 0 fully saturated rings. The SMILES string of the molecule is COCCNCc1ccc(-n2cncn2)cc1Br. The summed E-state index contributed by atoms with van der Waals surface area (Å²) in [7, 11) is 1.70. The molecule has 1 heterocycles. The third-order valence-electron chi connectivity index (χ3n) is 2.52. The molecule has 0 amide bonds. The van der Waals surface area contributed by atoms with Crippen LogP contribution in [-0.4, -0.2) is 35.0 Å². The summed E-state index contributed by atoms with van der Waals surface area (Å²) in [4.78, 5) is 3.93. The first-order valence-corrected chi connectivity index (χ1v) is 6.43. The molecule has 0 aliphatic rings. The Balaban J connectivity index is 2.01. The van der Waals surface area contributed by atoms with Crippen LogP contribution >= 0.6 is 15.9 Å². The van der Waals surface area contributed by atoms with Crippen LogP contribution in [0, 0.1) is 0 Å². The van der Waals surface area contributed by atoms with E-state index in [2.05, 4.69) is 37.4 Å². The van der Waals surface area contributed by atoms with Crippen LogP contribution in [-0.2, 0) is 11.3 Å². The summed E-state index contributed by atoms with van der Waals surface area (Å²) < 4.78 is 7.77. The third kappa shape index (κ3) is 3.38. The maximum atomic E-state index is 4.99. The molecule has 5 nitrogen and oxygen atoms in total. The van der Waals surface area contributed by atoms with E-state index in [-0.39, 0.29) is 0 Å². The van der Waals surface area contributed by atoms with E-state index in [1.165, 1.54) is 11.9 Å². The predicted octanol–water partition coefficient (Wildman–Crippen LogP) is 1.77. The summed E-state index contributed by atoms with van der Waals surface area (Å²) in [6, 6.07) is 6.12. The van der Waals surface area contributed by atoms with Crippen molar-refractivity contribution >= 4 is 15.9 Å². The second kappa shape index (κ2) is 6.63. The fraction of sp³-hybridized carbons (Fsp3) is 0.333. The first-order chi connectivity index (χ1) is 8.81. The van der Waals surface area contributed by atoms with Gasteiger partial charge in [0.25, 0.3) is 0 Å². The molecule has 0 saturated carbocycles. The Bertz CT molecular complexity index is 487. The molecule has 0 atom stereocenters. The fourth-order valence-corrected chi connectivity index (χ4v) is 2.07. The number of halogens is 1. The lowest BCUT2D eigenvalue weighted by Gasteiger charge is -2.08. The Morgan fingerprint density at radius 2 is 2.33 bits per heavy atom. The number of aromatic nitrogens is 3. The number of benzene rings is 1. The van der Waals surface area contributed by atoms with E-state index in [0.29, 0.717) is 6.61 Å². The number of nitrogens with one attached hydrogen (secondary N) is 1. The van der Waals surface area contributed by atoms with Gasteiger partial charge in [-0.3, -0.25) is 0 Å². The predicted molar refractivity (Wildman–Crippen MR) is 72.6 cm³/mol. The number of rotatable bonds is 6. The van der Waals surface area contributed by atoms with Crippen LogP contribution in [0.2, 0.25) is 0 Å². The maximum absolute atomic E-state index is 4.99. The van der Waals surface area contributed by atoms with Gasteiger partial charge in [0.1, 0.15) is 12.7 Å². The summed E-state index contributed by atoms with van der Waals surface area (Å²) >= 11 is 3.57. The van der Waals surface area contributed by atoms with Gasteiger partial charge >= 0.3 is 0 Å². The minimum atomic E-state index is 0.717. The lowest BCUT2D eigenvalue weighted by molar-refractivity contribution is 0.199. The summed E-state index contributed by atoms with van der Waals surface area (Å²) in [5, 5.41) is 7.40. The lowest BCUT2D eigenvalue weighted by Crippen LogP contribution is -2.18. The molecular formula is C12H15BrN4O. The standard InChI is InChI=1S/C12H15BrN4O/c1-18-5-4-14-7-10-2-3-11(6-12(10)13)17-9-15-8-16-17/h2-3,6,8-9,14H,4-5,7H2,1H3. The molecule has 0 unspecified atom stereocenters. The highest BCUT2D eigenvalue weighted by Crippen LogP contribution is 2.20. The van der Waals surface area contributed by atoms with Crippen LogP contribution in [0.3, 0.4) is 0 Å². The van der Waals surface area contributed by atoms with Gasteiger partial charge in [0.05, 0.1) is 12.3 Å². The van der Waals surface area contributed by atoms with Gasteiger partial charge in [0, 0.05) is 24.7 Å². The molecule has 2 rings (SSSR count). The zero-order chi connectivity index (χ0) is 12.8. The Morgan fingerprint density at radius 1 is 1.44 bits per heavy atom. The topological polar surface area (TPSA) is 52.0 Å². The first-order valence-electron chi connectivity index (χ1n) is 5.64. The molecule has 0 aliphatic heterocycles. The minimum Gasteiger partial charge on any atom is -0.383 e. The Kier molecular flexibility index (Phi) is 4.86. The molecule has 0 aliphatic carbocycles. The van der Waals surface area contributed by atoms with Gasteiger partial charge in [0.15, 0.2) is 0 Å². The number of ether oxygens (including phenoxy) is 1. The van der Waals surface area contributed by atoms with Crippen molar-refractivity contribution in [3.63, 3.8) is 0 Å². The van der Waals surface area contributed by atoms with Gasteiger partial charge < -0.3 is 10.1 Å². The van der Waals surface area contributed by atoms with Crippen molar-refractivity contribution in [2.24, 2.45) is 0 Å². The van der Waals surface area contributed by atoms with E-state index in [0.717, 1.165) is 23.2 Å². The Labute approximate surface area is 114 Å². The zero-order valence-corrected chi connectivity index (χ0v) is 11.7. The van der Waals surface area contributed by atoms with Crippen molar-refractivity contribution in [1.82, 2.24) is 20.1 Å². The maximum Gasteiger partial charge on any atom is 0.138 e. The molecule has 6 heteroatoms. The van der Waals surface area contributed by atoms with E-state index in [1.54, 1.807) is 18.1 Å². The van der Waals surface area contributed by atoms with Crippen LogP contribution in [0.5, 0.6) is 0 Å². The molecule has 1 N–H and O–H groups in total. The van der Waals surface area contributed by atoms with E-state index in [1.807, 2.05) is 12.1 Å². The number of methoxy groups -OCH3 is 1. The van der Waals surface area contributed by atoms with Crippen molar-refractivity contribution in [2.75, 3.05) is 20.3 Å². The summed E-state index contributed by atoms with van der Waals surface area (Å²) in [5.74, 6) is 0. The van der Waals surface area contributed by atoms with Gasteiger partial charge in [-0.2, -0.15) is 5.10 Å². The van der Waals surface area contributed by atoms with Crippen molar-refractivity contribution in [3.8, 4) is 5.69 Å². The average molecular weight is 311 g/mol. The molecule has 0 saturated heterocycles. The molecular weight excluding hydrogens is 296 g/mol. The van der Waals surface area contributed by atoms with E-state index >= 15 is 0 Å². The minimum absolute atomic E-state index is 0.717. The zero-order valence-electron chi connectivity index (χ0n) is 10.1. The van der Waals surface area contributed by atoms with Gasteiger partial charge in [0.2, 0.25) is 0 Å². The molecule has 0 bridgehead atoms. The van der Waals surface area contributed by atoms with Gasteiger partial charge in [-0.1, -0.05) is 22.0 Å². The first kappa shape index (κ1) is 13.2. The van der Waals surface area contributed by atoms with Crippen molar-refractivity contribution in [2.45, 2.75) is 6.54 Å². The number of nitrogens with zero attached hydrogens (tertiary/aromatic N) is 3.